The summed E-state index contributed by atoms with van der Waals surface area (Å²) in [5.41, 5.74) is 5.78. The monoisotopic (exact) mass is 400 g/mol. The van der Waals surface area contributed by atoms with Gasteiger partial charge in [0.15, 0.2) is 0 Å². The molecule has 0 unspecified atom stereocenters. The van der Waals surface area contributed by atoms with Crippen molar-refractivity contribution >= 4 is 12.2 Å². The average molecular weight is 400 g/mol. The SMILES string of the molecule is CCOc1ccc(C=CCNC(=O)OCC2c3ccccc3-c3ccccc32)cn1. The van der Waals surface area contributed by atoms with Crippen molar-refractivity contribution in [3.63, 3.8) is 0 Å². The van der Waals surface area contributed by atoms with Gasteiger partial charge >= 0.3 is 6.09 Å². The van der Waals surface area contributed by atoms with Crippen LogP contribution in [0.1, 0.15) is 29.5 Å². The van der Waals surface area contributed by atoms with Crippen molar-refractivity contribution in [2.75, 3.05) is 19.8 Å². The number of benzene rings is 2. The number of carbonyl (C=O) groups is 1. The molecule has 3 aromatic rings. The summed E-state index contributed by atoms with van der Waals surface area (Å²) >= 11 is 0. The fourth-order valence-electron chi connectivity index (χ4n) is 3.71. The molecular formula is C25H24N2O3. The molecule has 0 spiro atoms. The highest BCUT2D eigenvalue weighted by molar-refractivity contribution is 5.79. The molecule has 0 saturated heterocycles. The number of carbonyl (C=O) groups excluding carboxylic acids is 1. The number of hydrogen-bond donors (Lipinski definition) is 1. The molecular weight excluding hydrogens is 376 g/mol. The minimum absolute atomic E-state index is 0.0635. The molecule has 5 heteroatoms. The summed E-state index contributed by atoms with van der Waals surface area (Å²) < 4.78 is 10.8. The van der Waals surface area contributed by atoms with Crippen molar-refractivity contribution in [1.82, 2.24) is 10.3 Å². The van der Waals surface area contributed by atoms with E-state index in [2.05, 4.69) is 34.6 Å². The molecule has 1 amide bonds. The fourth-order valence-corrected chi connectivity index (χ4v) is 3.71. The number of rotatable bonds is 7. The Balaban J connectivity index is 1.29. The van der Waals surface area contributed by atoms with E-state index in [9.17, 15) is 4.79 Å². The molecule has 4 rings (SSSR count). The number of ether oxygens (including phenoxy) is 2. The number of aromatic nitrogens is 1. The van der Waals surface area contributed by atoms with E-state index >= 15 is 0 Å². The van der Waals surface area contributed by atoms with Crippen LogP contribution in [0.5, 0.6) is 5.88 Å². The predicted molar refractivity (Wildman–Crippen MR) is 118 cm³/mol. The smallest absolute Gasteiger partial charge is 0.407 e. The highest BCUT2D eigenvalue weighted by Crippen LogP contribution is 2.44. The molecule has 0 radical (unpaired) electrons. The quantitative estimate of drug-likeness (QED) is 0.604. The summed E-state index contributed by atoms with van der Waals surface area (Å²) in [5.74, 6) is 0.667. The van der Waals surface area contributed by atoms with Crippen LogP contribution >= 0.6 is 0 Å². The van der Waals surface area contributed by atoms with E-state index in [1.807, 2.05) is 55.5 Å². The van der Waals surface area contributed by atoms with Crippen LogP contribution in [0, 0.1) is 0 Å². The number of nitrogens with zero attached hydrogens (tertiary/aromatic N) is 1. The minimum Gasteiger partial charge on any atom is -0.478 e. The van der Waals surface area contributed by atoms with Crippen molar-refractivity contribution in [3.8, 4) is 17.0 Å². The van der Waals surface area contributed by atoms with E-state index in [0.717, 1.165) is 5.56 Å². The van der Waals surface area contributed by atoms with Crippen molar-refractivity contribution in [2.45, 2.75) is 12.8 Å². The van der Waals surface area contributed by atoms with Crippen molar-refractivity contribution in [3.05, 3.63) is 89.6 Å². The number of nitrogens with one attached hydrogen (secondary N) is 1. The third kappa shape index (κ3) is 4.35. The van der Waals surface area contributed by atoms with Gasteiger partial charge in [-0.1, -0.05) is 60.7 Å². The van der Waals surface area contributed by atoms with Gasteiger partial charge in [0.25, 0.3) is 0 Å². The van der Waals surface area contributed by atoms with Crippen molar-refractivity contribution < 1.29 is 14.3 Å². The first kappa shape index (κ1) is 19.7. The molecule has 0 atom stereocenters. The molecule has 30 heavy (non-hydrogen) atoms. The largest absolute Gasteiger partial charge is 0.478 e. The number of amides is 1. The number of pyridine rings is 1. The summed E-state index contributed by atoms with van der Waals surface area (Å²) in [6.07, 6.45) is 5.06. The van der Waals surface area contributed by atoms with Crippen LogP contribution in [0.4, 0.5) is 4.79 Å². The van der Waals surface area contributed by atoms with Crippen LogP contribution in [0.2, 0.25) is 0 Å². The van der Waals surface area contributed by atoms with Gasteiger partial charge in [0, 0.05) is 24.7 Å². The lowest BCUT2D eigenvalue weighted by Gasteiger charge is -2.14. The first-order chi connectivity index (χ1) is 14.8. The maximum absolute atomic E-state index is 12.2. The van der Waals surface area contributed by atoms with Gasteiger partial charge in [0.2, 0.25) is 5.88 Å². The zero-order chi connectivity index (χ0) is 20.8. The maximum atomic E-state index is 12.2. The van der Waals surface area contributed by atoms with Gasteiger partial charge in [-0.05, 0) is 40.8 Å². The van der Waals surface area contributed by atoms with Gasteiger partial charge in [0.05, 0.1) is 6.61 Å². The Bertz CT molecular complexity index is 999. The van der Waals surface area contributed by atoms with Crippen LogP contribution in [-0.2, 0) is 4.74 Å². The van der Waals surface area contributed by atoms with Crippen LogP contribution in [0.15, 0.2) is 72.9 Å². The van der Waals surface area contributed by atoms with E-state index in [4.69, 9.17) is 9.47 Å². The van der Waals surface area contributed by atoms with Gasteiger partial charge in [-0.15, -0.1) is 0 Å². The standard InChI is InChI=1S/C25H24N2O3/c1-2-29-24-14-13-18(16-27-24)8-7-15-26-25(28)30-17-23-21-11-5-3-9-19(21)20-10-4-6-12-22(20)23/h3-14,16,23H,2,15,17H2,1H3,(H,26,28). The minimum atomic E-state index is -0.425. The predicted octanol–water partition coefficient (Wildman–Crippen LogP) is 5.03. The Morgan fingerprint density at radius 3 is 2.37 bits per heavy atom. The molecule has 1 heterocycles. The summed E-state index contributed by atoms with van der Waals surface area (Å²) in [6, 6.07) is 20.3. The Morgan fingerprint density at radius 1 is 1.03 bits per heavy atom. The van der Waals surface area contributed by atoms with E-state index in [1.54, 1.807) is 6.20 Å². The molecule has 0 bridgehead atoms. The second kappa shape index (κ2) is 9.27. The third-order valence-electron chi connectivity index (χ3n) is 5.07. The number of hydrogen-bond acceptors (Lipinski definition) is 4. The zero-order valence-electron chi connectivity index (χ0n) is 16.9. The van der Waals surface area contributed by atoms with Crippen LogP contribution in [0.3, 0.4) is 0 Å². The van der Waals surface area contributed by atoms with Gasteiger partial charge in [-0.2, -0.15) is 0 Å². The Labute approximate surface area is 176 Å². The molecule has 0 fully saturated rings. The Morgan fingerprint density at radius 2 is 1.73 bits per heavy atom. The lowest BCUT2D eigenvalue weighted by molar-refractivity contribution is 0.144. The Hall–Kier alpha value is -3.60. The zero-order valence-corrected chi connectivity index (χ0v) is 16.9. The van der Waals surface area contributed by atoms with Gasteiger partial charge < -0.3 is 14.8 Å². The fraction of sp³-hybridized carbons (Fsp3) is 0.200. The summed E-state index contributed by atoms with van der Waals surface area (Å²) in [4.78, 5) is 16.4. The van der Waals surface area contributed by atoms with Crippen LogP contribution < -0.4 is 10.1 Å². The highest BCUT2D eigenvalue weighted by Gasteiger charge is 2.28. The second-order valence-electron chi connectivity index (χ2n) is 6.97. The van der Waals surface area contributed by atoms with E-state index in [-0.39, 0.29) is 5.92 Å². The molecule has 0 saturated carbocycles. The van der Waals surface area contributed by atoms with Crippen molar-refractivity contribution in [2.24, 2.45) is 0 Å². The second-order valence-corrected chi connectivity index (χ2v) is 6.97. The molecule has 1 N–H and O–H groups in total. The van der Waals surface area contributed by atoms with Gasteiger partial charge in [-0.3, -0.25) is 0 Å². The molecule has 1 aromatic heterocycles. The molecule has 152 valence electrons. The lowest BCUT2D eigenvalue weighted by Crippen LogP contribution is -2.26. The lowest BCUT2D eigenvalue weighted by atomic mass is 9.98. The van der Waals surface area contributed by atoms with Crippen molar-refractivity contribution in [1.29, 1.82) is 0 Å². The molecule has 1 aliphatic rings. The topological polar surface area (TPSA) is 60.5 Å². The Kier molecular flexibility index (Phi) is 6.09. The van der Waals surface area contributed by atoms with Crippen LogP contribution in [0.25, 0.3) is 17.2 Å². The average Bonchev–Trinajstić information content (AvgIpc) is 3.10. The molecule has 0 aliphatic heterocycles. The first-order valence-electron chi connectivity index (χ1n) is 10.1. The summed E-state index contributed by atoms with van der Waals surface area (Å²) in [7, 11) is 0. The first-order valence-corrected chi connectivity index (χ1v) is 10.1. The van der Waals surface area contributed by atoms with E-state index in [0.29, 0.717) is 25.6 Å². The summed E-state index contributed by atoms with van der Waals surface area (Å²) in [6.45, 7) is 3.20. The van der Waals surface area contributed by atoms with Gasteiger partial charge in [-0.25, -0.2) is 9.78 Å². The highest BCUT2D eigenvalue weighted by atomic mass is 16.5. The van der Waals surface area contributed by atoms with Crippen LogP contribution in [-0.4, -0.2) is 30.8 Å². The number of alkyl carbamates (subject to hydrolysis) is 1. The molecule has 5 nitrogen and oxygen atoms in total. The molecule has 2 aromatic carbocycles. The normalized spacial score (nSPS) is 12.4. The van der Waals surface area contributed by atoms with Gasteiger partial charge in [0.1, 0.15) is 6.61 Å². The van der Waals surface area contributed by atoms with E-state index < -0.39 is 6.09 Å². The third-order valence-corrected chi connectivity index (χ3v) is 5.07. The number of fused-ring (bicyclic) bond motifs is 3. The van der Waals surface area contributed by atoms with E-state index in [1.165, 1.54) is 22.3 Å². The summed E-state index contributed by atoms with van der Waals surface area (Å²) in [5, 5.41) is 2.76. The maximum Gasteiger partial charge on any atom is 0.407 e. The molecule has 1 aliphatic carbocycles.